The van der Waals surface area contributed by atoms with Crippen LogP contribution in [-0.4, -0.2) is 27.3 Å². The van der Waals surface area contributed by atoms with Crippen molar-refractivity contribution >= 4 is 39.9 Å². The molecule has 5 nitrogen and oxygen atoms in total. The standard InChI is InChI=1S/C20H23N3O2S2/c1-3-12-23-19(25)16-8-4-5-9-17(16)22-20(23)27-14(2)18(24)21-11-10-15-7-6-13-26-15/h4-9,13-14H,3,10-12H2,1-2H3,(H,21,24). The van der Waals surface area contributed by atoms with E-state index in [-0.39, 0.29) is 16.7 Å². The van der Waals surface area contributed by atoms with E-state index in [1.165, 1.54) is 16.6 Å². The van der Waals surface area contributed by atoms with Crippen molar-refractivity contribution in [3.63, 3.8) is 0 Å². The Morgan fingerprint density at radius 2 is 2.11 bits per heavy atom. The minimum atomic E-state index is -0.329. The van der Waals surface area contributed by atoms with Gasteiger partial charge in [-0.3, -0.25) is 14.2 Å². The van der Waals surface area contributed by atoms with E-state index in [0.29, 0.717) is 29.1 Å². The van der Waals surface area contributed by atoms with E-state index in [2.05, 4.69) is 16.4 Å². The van der Waals surface area contributed by atoms with E-state index >= 15 is 0 Å². The maximum Gasteiger partial charge on any atom is 0.262 e. The summed E-state index contributed by atoms with van der Waals surface area (Å²) < 4.78 is 1.68. The van der Waals surface area contributed by atoms with Gasteiger partial charge < -0.3 is 5.32 Å². The van der Waals surface area contributed by atoms with Crippen molar-refractivity contribution in [3.05, 3.63) is 57.0 Å². The number of hydrogen-bond donors (Lipinski definition) is 1. The zero-order valence-electron chi connectivity index (χ0n) is 15.5. The first-order chi connectivity index (χ1) is 13.1. The molecule has 0 fully saturated rings. The molecule has 27 heavy (non-hydrogen) atoms. The summed E-state index contributed by atoms with van der Waals surface area (Å²) in [5.74, 6) is -0.0398. The van der Waals surface area contributed by atoms with Crippen LogP contribution in [0, 0.1) is 0 Å². The van der Waals surface area contributed by atoms with Crippen LogP contribution in [0.15, 0.2) is 51.7 Å². The van der Waals surface area contributed by atoms with Crippen molar-refractivity contribution in [1.29, 1.82) is 0 Å². The lowest BCUT2D eigenvalue weighted by molar-refractivity contribution is -0.120. The third-order valence-electron chi connectivity index (χ3n) is 4.18. The molecule has 0 spiro atoms. The van der Waals surface area contributed by atoms with Gasteiger partial charge in [-0.05, 0) is 43.3 Å². The lowest BCUT2D eigenvalue weighted by Gasteiger charge is -2.16. The summed E-state index contributed by atoms with van der Waals surface area (Å²) in [4.78, 5) is 31.2. The average molecular weight is 402 g/mol. The molecule has 0 aliphatic rings. The summed E-state index contributed by atoms with van der Waals surface area (Å²) in [6, 6.07) is 11.4. The Bertz CT molecular complexity index is 967. The average Bonchev–Trinajstić information content (AvgIpc) is 3.18. The molecule has 2 heterocycles. The van der Waals surface area contributed by atoms with E-state index in [9.17, 15) is 9.59 Å². The van der Waals surface area contributed by atoms with Gasteiger partial charge in [-0.2, -0.15) is 0 Å². The fourth-order valence-electron chi connectivity index (χ4n) is 2.78. The summed E-state index contributed by atoms with van der Waals surface area (Å²) in [6.45, 7) is 5.07. The first kappa shape index (κ1) is 19.6. The molecule has 1 unspecified atom stereocenters. The number of amides is 1. The van der Waals surface area contributed by atoms with Crippen molar-refractivity contribution in [2.45, 2.75) is 43.6 Å². The fraction of sp³-hybridized carbons (Fsp3) is 0.350. The topological polar surface area (TPSA) is 64.0 Å². The van der Waals surface area contributed by atoms with Gasteiger partial charge in [0.25, 0.3) is 5.56 Å². The van der Waals surface area contributed by atoms with E-state index in [1.807, 2.05) is 43.5 Å². The molecule has 0 aliphatic carbocycles. The molecule has 0 aliphatic heterocycles. The number of carbonyl (C=O) groups excluding carboxylic acids is 1. The summed E-state index contributed by atoms with van der Waals surface area (Å²) in [7, 11) is 0. The van der Waals surface area contributed by atoms with Crippen LogP contribution in [0.3, 0.4) is 0 Å². The van der Waals surface area contributed by atoms with Gasteiger partial charge in [0.15, 0.2) is 5.16 Å². The second-order valence-electron chi connectivity index (χ2n) is 6.25. The Balaban J connectivity index is 1.73. The van der Waals surface area contributed by atoms with Gasteiger partial charge in [-0.15, -0.1) is 11.3 Å². The normalized spacial score (nSPS) is 12.2. The van der Waals surface area contributed by atoms with E-state index in [0.717, 1.165) is 12.8 Å². The van der Waals surface area contributed by atoms with Gasteiger partial charge in [0, 0.05) is 18.0 Å². The van der Waals surface area contributed by atoms with Crippen LogP contribution in [0.4, 0.5) is 0 Å². The maximum absolute atomic E-state index is 12.8. The Hall–Kier alpha value is -2.12. The van der Waals surface area contributed by atoms with Crippen LogP contribution in [-0.2, 0) is 17.8 Å². The van der Waals surface area contributed by atoms with Crippen molar-refractivity contribution in [2.75, 3.05) is 6.54 Å². The number of aromatic nitrogens is 2. The number of thiophene rings is 1. The van der Waals surface area contributed by atoms with E-state index in [4.69, 9.17) is 0 Å². The van der Waals surface area contributed by atoms with E-state index in [1.54, 1.807) is 22.0 Å². The second-order valence-corrected chi connectivity index (χ2v) is 8.59. The summed E-state index contributed by atoms with van der Waals surface area (Å²) in [5.41, 5.74) is 0.623. The Morgan fingerprint density at radius 3 is 2.85 bits per heavy atom. The highest BCUT2D eigenvalue weighted by Crippen LogP contribution is 2.23. The number of benzene rings is 1. The molecule has 0 bridgehead atoms. The second kappa shape index (κ2) is 9.19. The Kier molecular flexibility index (Phi) is 6.68. The minimum absolute atomic E-state index is 0.0398. The van der Waals surface area contributed by atoms with Crippen LogP contribution in [0.1, 0.15) is 25.1 Å². The molecular formula is C20H23N3O2S2. The lowest BCUT2D eigenvalue weighted by Crippen LogP contribution is -2.33. The fourth-order valence-corrected chi connectivity index (χ4v) is 4.45. The molecule has 1 N–H and O–H groups in total. The van der Waals surface area contributed by atoms with Crippen molar-refractivity contribution in [3.8, 4) is 0 Å². The zero-order valence-corrected chi connectivity index (χ0v) is 17.1. The molecular weight excluding hydrogens is 378 g/mol. The van der Waals surface area contributed by atoms with Gasteiger partial charge in [0.05, 0.1) is 16.2 Å². The quantitative estimate of drug-likeness (QED) is 0.462. The summed E-state index contributed by atoms with van der Waals surface area (Å²) in [6.07, 6.45) is 1.66. The highest BCUT2D eigenvalue weighted by Gasteiger charge is 2.19. The molecule has 1 aromatic carbocycles. The van der Waals surface area contributed by atoms with Crippen molar-refractivity contribution < 1.29 is 4.79 Å². The highest BCUT2D eigenvalue weighted by atomic mass is 32.2. The summed E-state index contributed by atoms with van der Waals surface area (Å²) >= 11 is 3.03. The minimum Gasteiger partial charge on any atom is -0.355 e. The number of fused-ring (bicyclic) bond motifs is 1. The predicted molar refractivity (Wildman–Crippen MR) is 113 cm³/mol. The van der Waals surface area contributed by atoms with Crippen LogP contribution in [0.5, 0.6) is 0 Å². The number of thioether (sulfide) groups is 1. The Morgan fingerprint density at radius 1 is 1.30 bits per heavy atom. The van der Waals surface area contributed by atoms with E-state index < -0.39 is 0 Å². The molecule has 2 aromatic heterocycles. The molecule has 0 saturated heterocycles. The lowest BCUT2D eigenvalue weighted by atomic mass is 10.2. The number of nitrogens with one attached hydrogen (secondary N) is 1. The van der Waals surface area contributed by atoms with Crippen LogP contribution in [0.25, 0.3) is 10.9 Å². The highest BCUT2D eigenvalue weighted by molar-refractivity contribution is 8.00. The first-order valence-corrected chi connectivity index (χ1v) is 10.8. The third kappa shape index (κ3) is 4.78. The van der Waals surface area contributed by atoms with Gasteiger partial charge >= 0.3 is 0 Å². The SMILES string of the molecule is CCCn1c(SC(C)C(=O)NCCc2cccs2)nc2ccccc2c1=O. The number of carbonyl (C=O) groups is 1. The molecule has 0 radical (unpaired) electrons. The molecule has 1 amide bonds. The maximum atomic E-state index is 12.8. The van der Waals surface area contributed by atoms with Gasteiger partial charge in [-0.25, -0.2) is 4.98 Å². The molecule has 3 rings (SSSR count). The van der Waals surface area contributed by atoms with Crippen LogP contribution >= 0.6 is 23.1 Å². The third-order valence-corrected chi connectivity index (χ3v) is 6.20. The van der Waals surface area contributed by atoms with Crippen LogP contribution in [0.2, 0.25) is 0 Å². The molecule has 142 valence electrons. The van der Waals surface area contributed by atoms with Gasteiger partial charge in [0.2, 0.25) is 5.91 Å². The van der Waals surface area contributed by atoms with Gasteiger partial charge in [0.1, 0.15) is 0 Å². The molecule has 3 aromatic rings. The van der Waals surface area contributed by atoms with Crippen molar-refractivity contribution in [1.82, 2.24) is 14.9 Å². The smallest absolute Gasteiger partial charge is 0.262 e. The largest absolute Gasteiger partial charge is 0.355 e. The number of rotatable bonds is 8. The molecule has 1 atom stereocenters. The number of hydrogen-bond acceptors (Lipinski definition) is 5. The predicted octanol–water partition coefficient (Wildman–Crippen LogP) is 3.71. The molecule has 0 saturated carbocycles. The molecule has 7 heteroatoms. The number of para-hydroxylation sites is 1. The van der Waals surface area contributed by atoms with Crippen molar-refractivity contribution in [2.24, 2.45) is 0 Å². The Labute approximate surface area is 166 Å². The van der Waals surface area contributed by atoms with Crippen LogP contribution < -0.4 is 10.9 Å². The zero-order chi connectivity index (χ0) is 19.2. The van der Waals surface area contributed by atoms with Gasteiger partial charge in [-0.1, -0.05) is 36.9 Å². The summed E-state index contributed by atoms with van der Waals surface area (Å²) in [5, 5.41) is 5.90. The monoisotopic (exact) mass is 401 g/mol. The first-order valence-electron chi connectivity index (χ1n) is 9.06. The number of nitrogens with zero attached hydrogens (tertiary/aromatic N) is 2.